The van der Waals surface area contributed by atoms with Gasteiger partial charge in [0.1, 0.15) is 5.69 Å². The van der Waals surface area contributed by atoms with Crippen LogP contribution in [0.15, 0.2) is 22.7 Å². The van der Waals surface area contributed by atoms with Gasteiger partial charge in [-0.2, -0.15) is 0 Å². The zero-order valence-electron chi connectivity index (χ0n) is 8.54. The van der Waals surface area contributed by atoms with Crippen LogP contribution in [0, 0.1) is 13.8 Å². The van der Waals surface area contributed by atoms with Crippen molar-refractivity contribution in [3.05, 3.63) is 34.3 Å². The highest BCUT2D eigenvalue weighted by atomic mass is 35.5. The molecule has 0 radical (unpaired) electrons. The van der Waals surface area contributed by atoms with Gasteiger partial charge >= 0.3 is 0 Å². The number of benzene rings is 1. The fraction of sp³-hybridized carbons (Fsp3) is 0.182. The molecule has 0 amide bonds. The molecule has 15 heavy (non-hydrogen) atoms. The highest BCUT2D eigenvalue weighted by Gasteiger charge is 2.10. The van der Waals surface area contributed by atoms with Gasteiger partial charge in [0, 0.05) is 11.6 Å². The Hall–Kier alpha value is -1.48. The molecule has 0 atom stereocenters. The van der Waals surface area contributed by atoms with Crippen molar-refractivity contribution in [2.45, 2.75) is 13.8 Å². The van der Waals surface area contributed by atoms with Gasteiger partial charge in [-0.15, -0.1) is 0 Å². The summed E-state index contributed by atoms with van der Waals surface area (Å²) >= 11 is 6.19. The lowest BCUT2D eigenvalue weighted by molar-refractivity contribution is 0.439. The highest BCUT2D eigenvalue weighted by molar-refractivity contribution is 6.34. The van der Waals surface area contributed by atoms with Crippen LogP contribution < -0.4 is 5.73 Å². The molecule has 1 aromatic carbocycles. The monoisotopic (exact) mass is 222 g/mol. The Morgan fingerprint density at radius 1 is 1.27 bits per heavy atom. The van der Waals surface area contributed by atoms with Gasteiger partial charge in [0.2, 0.25) is 5.88 Å². The lowest BCUT2D eigenvalue weighted by Crippen LogP contribution is -1.85. The average Bonchev–Trinajstić information content (AvgIpc) is 2.58. The maximum atomic E-state index is 6.19. The normalized spacial score (nSPS) is 10.6. The number of anilines is 1. The third-order valence-electron chi connectivity index (χ3n) is 2.20. The maximum Gasteiger partial charge on any atom is 0.222 e. The van der Waals surface area contributed by atoms with Crippen LogP contribution in [0.1, 0.15) is 11.1 Å². The second kappa shape index (κ2) is 3.59. The minimum atomic E-state index is 0.292. The summed E-state index contributed by atoms with van der Waals surface area (Å²) in [7, 11) is 0. The molecule has 0 saturated heterocycles. The summed E-state index contributed by atoms with van der Waals surface area (Å²) in [5.74, 6) is 0.292. The quantitative estimate of drug-likeness (QED) is 0.806. The number of aryl methyl sites for hydroxylation is 2. The van der Waals surface area contributed by atoms with E-state index in [4.69, 9.17) is 21.9 Å². The molecule has 1 aromatic heterocycles. The van der Waals surface area contributed by atoms with Crippen LogP contribution in [0.3, 0.4) is 0 Å². The minimum Gasteiger partial charge on any atom is -0.368 e. The Kier molecular flexibility index (Phi) is 2.40. The molecule has 2 N–H and O–H groups in total. The van der Waals surface area contributed by atoms with Crippen LogP contribution in [-0.2, 0) is 0 Å². The number of nitrogens with two attached hydrogens (primary N) is 1. The van der Waals surface area contributed by atoms with Crippen molar-refractivity contribution in [2.24, 2.45) is 0 Å². The largest absolute Gasteiger partial charge is 0.368 e. The Morgan fingerprint density at radius 2 is 2.00 bits per heavy atom. The Labute approximate surface area is 92.8 Å². The molecule has 0 aliphatic heterocycles. The molecule has 0 fully saturated rings. The van der Waals surface area contributed by atoms with Gasteiger partial charge in [-0.25, -0.2) is 0 Å². The Balaban J connectivity index is 2.62. The Bertz CT molecular complexity index is 505. The standard InChI is InChI=1S/C11H11ClN2O/c1-6-3-7(2)11(12)8(4-6)9-5-10(13)15-14-9/h3-5H,13H2,1-2H3. The van der Waals surface area contributed by atoms with Crippen LogP contribution in [0.4, 0.5) is 5.88 Å². The van der Waals surface area contributed by atoms with Crippen LogP contribution in [0.5, 0.6) is 0 Å². The second-order valence-corrected chi connectivity index (χ2v) is 3.94. The van der Waals surface area contributed by atoms with E-state index in [9.17, 15) is 0 Å². The van der Waals surface area contributed by atoms with Crippen molar-refractivity contribution in [1.29, 1.82) is 0 Å². The molecule has 0 aliphatic carbocycles. The number of nitrogens with zero attached hydrogens (tertiary/aromatic N) is 1. The summed E-state index contributed by atoms with van der Waals surface area (Å²) in [6.45, 7) is 3.97. The van der Waals surface area contributed by atoms with Gasteiger partial charge in [0.05, 0.1) is 5.02 Å². The summed E-state index contributed by atoms with van der Waals surface area (Å²) < 4.78 is 4.82. The summed E-state index contributed by atoms with van der Waals surface area (Å²) in [4.78, 5) is 0. The van der Waals surface area contributed by atoms with E-state index in [0.29, 0.717) is 16.6 Å². The van der Waals surface area contributed by atoms with Crippen molar-refractivity contribution < 1.29 is 4.52 Å². The Morgan fingerprint density at radius 3 is 2.60 bits per heavy atom. The van der Waals surface area contributed by atoms with Gasteiger partial charge in [-0.1, -0.05) is 28.4 Å². The smallest absolute Gasteiger partial charge is 0.222 e. The van der Waals surface area contributed by atoms with Gasteiger partial charge in [0.15, 0.2) is 0 Å². The van der Waals surface area contributed by atoms with Crippen LogP contribution in [-0.4, -0.2) is 5.16 Å². The third-order valence-corrected chi connectivity index (χ3v) is 2.70. The first kappa shape index (κ1) is 10.1. The van der Waals surface area contributed by atoms with Crippen molar-refractivity contribution in [2.75, 3.05) is 5.73 Å². The molecule has 78 valence electrons. The van der Waals surface area contributed by atoms with E-state index >= 15 is 0 Å². The average molecular weight is 223 g/mol. The predicted molar refractivity (Wildman–Crippen MR) is 60.8 cm³/mol. The van der Waals surface area contributed by atoms with E-state index in [0.717, 1.165) is 16.7 Å². The summed E-state index contributed by atoms with van der Waals surface area (Å²) in [6.07, 6.45) is 0. The van der Waals surface area contributed by atoms with Crippen molar-refractivity contribution >= 4 is 17.5 Å². The van der Waals surface area contributed by atoms with Crippen molar-refractivity contribution in [1.82, 2.24) is 5.16 Å². The zero-order chi connectivity index (χ0) is 11.0. The van der Waals surface area contributed by atoms with Crippen LogP contribution in [0.2, 0.25) is 5.02 Å². The van der Waals surface area contributed by atoms with Gasteiger partial charge < -0.3 is 10.3 Å². The first-order valence-corrected chi connectivity index (χ1v) is 4.95. The zero-order valence-corrected chi connectivity index (χ0v) is 9.30. The molecule has 2 rings (SSSR count). The number of halogens is 1. The molecule has 0 bridgehead atoms. The first-order valence-electron chi connectivity index (χ1n) is 4.57. The number of hydrogen-bond acceptors (Lipinski definition) is 3. The van der Waals surface area contributed by atoms with E-state index in [1.54, 1.807) is 6.07 Å². The molecule has 0 aliphatic rings. The summed E-state index contributed by atoms with van der Waals surface area (Å²) in [6, 6.07) is 5.65. The van der Waals surface area contributed by atoms with Crippen molar-refractivity contribution in [3.8, 4) is 11.3 Å². The lowest BCUT2D eigenvalue weighted by atomic mass is 10.0. The fourth-order valence-corrected chi connectivity index (χ4v) is 1.76. The molecular weight excluding hydrogens is 212 g/mol. The van der Waals surface area contributed by atoms with Gasteiger partial charge in [-0.3, -0.25) is 0 Å². The lowest BCUT2D eigenvalue weighted by Gasteiger charge is -2.05. The second-order valence-electron chi connectivity index (χ2n) is 3.56. The maximum absolute atomic E-state index is 6.19. The molecule has 1 heterocycles. The third kappa shape index (κ3) is 1.83. The number of aromatic nitrogens is 1. The summed E-state index contributed by atoms with van der Waals surface area (Å²) in [5, 5.41) is 4.53. The van der Waals surface area contributed by atoms with E-state index < -0.39 is 0 Å². The minimum absolute atomic E-state index is 0.292. The molecular formula is C11H11ClN2O. The number of hydrogen-bond donors (Lipinski definition) is 1. The van der Waals surface area contributed by atoms with Gasteiger partial charge in [-0.05, 0) is 25.5 Å². The molecule has 0 unspecified atom stereocenters. The van der Waals surface area contributed by atoms with E-state index in [-0.39, 0.29) is 0 Å². The van der Waals surface area contributed by atoms with E-state index in [2.05, 4.69) is 5.16 Å². The molecule has 3 nitrogen and oxygen atoms in total. The molecule has 2 aromatic rings. The van der Waals surface area contributed by atoms with Crippen LogP contribution >= 0.6 is 11.6 Å². The number of nitrogen functional groups attached to an aromatic ring is 1. The highest BCUT2D eigenvalue weighted by Crippen LogP contribution is 2.31. The van der Waals surface area contributed by atoms with E-state index in [1.165, 1.54) is 0 Å². The van der Waals surface area contributed by atoms with Crippen LogP contribution in [0.25, 0.3) is 11.3 Å². The first-order chi connectivity index (χ1) is 7.08. The molecule has 0 spiro atoms. The van der Waals surface area contributed by atoms with E-state index in [1.807, 2.05) is 26.0 Å². The number of rotatable bonds is 1. The predicted octanol–water partition coefficient (Wildman–Crippen LogP) is 3.19. The molecule has 4 heteroatoms. The van der Waals surface area contributed by atoms with Gasteiger partial charge in [0.25, 0.3) is 0 Å². The SMILES string of the molecule is Cc1cc(C)c(Cl)c(-c2cc(N)on2)c1. The topological polar surface area (TPSA) is 52.0 Å². The summed E-state index contributed by atoms with van der Waals surface area (Å²) in [5.41, 5.74) is 9.15. The van der Waals surface area contributed by atoms with Crippen molar-refractivity contribution in [3.63, 3.8) is 0 Å². The fourth-order valence-electron chi connectivity index (χ4n) is 1.55. The molecule has 0 saturated carbocycles.